The highest BCUT2D eigenvalue weighted by Crippen LogP contribution is 2.36. The van der Waals surface area contributed by atoms with Gasteiger partial charge >= 0.3 is 12.2 Å². The molecule has 4 N–H and O–H groups in total. The number of nitrogens with zero attached hydrogens (tertiary/aromatic N) is 2. The van der Waals surface area contributed by atoms with Crippen LogP contribution in [-0.4, -0.2) is 21.0 Å². The zero-order valence-electron chi connectivity index (χ0n) is 16.7. The minimum Gasteiger partial charge on any atom is -0.360 e. The van der Waals surface area contributed by atoms with Gasteiger partial charge < -0.3 is 20.9 Å². The number of aromatic amines is 1. The Kier molecular flexibility index (Phi) is 6.18. The van der Waals surface area contributed by atoms with Crippen LogP contribution in [0.25, 0.3) is 11.4 Å². The average Bonchev–Trinajstić information content (AvgIpc) is 3.31. The van der Waals surface area contributed by atoms with Crippen LogP contribution in [0.15, 0.2) is 73.2 Å². The van der Waals surface area contributed by atoms with Crippen molar-refractivity contribution in [2.75, 3.05) is 16.0 Å². The molecule has 0 saturated heterocycles. The third-order valence-corrected chi connectivity index (χ3v) is 4.82. The zero-order chi connectivity index (χ0) is 23.4. The van der Waals surface area contributed by atoms with Gasteiger partial charge in [-0.2, -0.15) is 13.2 Å². The van der Waals surface area contributed by atoms with Gasteiger partial charge in [0.15, 0.2) is 0 Å². The molecular formula is C22H16ClF3N6O. The lowest BCUT2D eigenvalue weighted by Crippen LogP contribution is -2.19. The third kappa shape index (κ3) is 5.60. The number of H-pyrrole nitrogens is 1. The number of aromatic nitrogens is 3. The second kappa shape index (κ2) is 9.21. The Morgan fingerprint density at radius 2 is 1.61 bits per heavy atom. The summed E-state index contributed by atoms with van der Waals surface area (Å²) in [5.74, 6) is 0.580. The predicted octanol–water partition coefficient (Wildman–Crippen LogP) is 6.53. The number of nitrogens with one attached hydrogen (secondary N) is 4. The van der Waals surface area contributed by atoms with E-state index in [0.29, 0.717) is 17.2 Å². The number of carbonyl (C=O) groups is 1. The van der Waals surface area contributed by atoms with Gasteiger partial charge in [0.25, 0.3) is 0 Å². The van der Waals surface area contributed by atoms with E-state index in [4.69, 9.17) is 11.6 Å². The molecule has 0 aliphatic rings. The predicted molar refractivity (Wildman–Crippen MR) is 121 cm³/mol. The summed E-state index contributed by atoms with van der Waals surface area (Å²) in [6, 6.07) is 14.7. The quantitative estimate of drug-likeness (QED) is 0.265. The van der Waals surface area contributed by atoms with E-state index in [0.717, 1.165) is 23.5 Å². The van der Waals surface area contributed by atoms with Crippen molar-refractivity contribution in [3.63, 3.8) is 0 Å². The van der Waals surface area contributed by atoms with Crippen LogP contribution in [0.3, 0.4) is 0 Å². The molecule has 0 aliphatic heterocycles. The molecule has 0 unspecified atom stereocenters. The number of carbonyl (C=O) groups excluding carboxylic acids is 1. The Hall–Kier alpha value is -4.05. The number of anilines is 4. The molecule has 33 heavy (non-hydrogen) atoms. The fourth-order valence-electron chi connectivity index (χ4n) is 2.96. The lowest BCUT2D eigenvalue weighted by molar-refractivity contribution is -0.137. The first-order valence-corrected chi connectivity index (χ1v) is 9.93. The van der Waals surface area contributed by atoms with Crippen molar-refractivity contribution in [2.24, 2.45) is 0 Å². The molecule has 4 aromatic rings. The maximum absolute atomic E-state index is 13.0. The summed E-state index contributed by atoms with van der Waals surface area (Å²) in [5, 5.41) is 7.62. The van der Waals surface area contributed by atoms with Crippen LogP contribution in [0.2, 0.25) is 5.02 Å². The molecular weight excluding hydrogens is 457 g/mol. The number of urea groups is 1. The molecule has 2 aromatic heterocycles. The number of hydrogen-bond acceptors (Lipinski definition) is 4. The molecule has 7 nitrogen and oxygen atoms in total. The Morgan fingerprint density at radius 1 is 0.909 bits per heavy atom. The number of halogens is 4. The normalized spacial score (nSPS) is 11.2. The molecule has 0 aliphatic carbocycles. The van der Waals surface area contributed by atoms with Crippen molar-refractivity contribution in [2.45, 2.75) is 6.18 Å². The maximum Gasteiger partial charge on any atom is 0.417 e. The van der Waals surface area contributed by atoms with Crippen molar-refractivity contribution < 1.29 is 18.0 Å². The summed E-state index contributed by atoms with van der Waals surface area (Å²) >= 11 is 5.59. The molecule has 0 bridgehead atoms. The molecule has 2 aromatic carbocycles. The second-order valence-electron chi connectivity index (χ2n) is 6.85. The number of rotatable bonds is 5. The molecule has 0 spiro atoms. The topological polar surface area (TPSA) is 94.7 Å². The van der Waals surface area contributed by atoms with Gasteiger partial charge in [-0.25, -0.2) is 14.8 Å². The van der Waals surface area contributed by atoms with E-state index in [1.807, 2.05) is 12.1 Å². The fraction of sp³-hybridized carbons (Fsp3) is 0.0455. The van der Waals surface area contributed by atoms with Crippen LogP contribution in [0, 0.1) is 0 Å². The maximum atomic E-state index is 13.0. The number of amides is 2. The minimum absolute atomic E-state index is 0.0378. The van der Waals surface area contributed by atoms with Crippen LogP contribution in [-0.2, 0) is 6.18 Å². The smallest absolute Gasteiger partial charge is 0.360 e. The minimum atomic E-state index is -4.63. The summed E-state index contributed by atoms with van der Waals surface area (Å²) in [5.41, 5.74) is 1.67. The Bertz CT molecular complexity index is 1260. The van der Waals surface area contributed by atoms with E-state index in [1.54, 1.807) is 36.5 Å². The lowest BCUT2D eigenvalue weighted by Gasteiger charge is -2.12. The largest absolute Gasteiger partial charge is 0.417 e. The molecule has 0 saturated carbocycles. The van der Waals surface area contributed by atoms with Crippen molar-refractivity contribution >= 4 is 40.5 Å². The molecule has 2 amide bonds. The van der Waals surface area contributed by atoms with Gasteiger partial charge in [-0.3, -0.25) is 0 Å². The van der Waals surface area contributed by atoms with E-state index in [9.17, 15) is 18.0 Å². The summed E-state index contributed by atoms with van der Waals surface area (Å²) in [6.07, 6.45) is -1.38. The highest BCUT2D eigenvalue weighted by molar-refractivity contribution is 6.31. The van der Waals surface area contributed by atoms with Crippen LogP contribution < -0.4 is 16.0 Å². The summed E-state index contributed by atoms with van der Waals surface area (Å²) in [7, 11) is 0. The van der Waals surface area contributed by atoms with Crippen LogP contribution in [0.1, 0.15) is 5.56 Å². The molecule has 0 fully saturated rings. The van der Waals surface area contributed by atoms with Gasteiger partial charge in [-0.15, -0.1) is 0 Å². The van der Waals surface area contributed by atoms with Crippen molar-refractivity contribution in [1.82, 2.24) is 15.0 Å². The SMILES string of the molecule is O=C(Nc1ccc(Nc2cc(-c3ccc[nH]3)ncn2)cc1)Nc1ccc(Cl)c(C(F)(F)F)c1. The summed E-state index contributed by atoms with van der Waals surface area (Å²) in [4.78, 5) is 23.7. The highest BCUT2D eigenvalue weighted by atomic mass is 35.5. The van der Waals surface area contributed by atoms with Crippen LogP contribution in [0.4, 0.5) is 40.8 Å². The first-order chi connectivity index (χ1) is 15.8. The molecule has 0 atom stereocenters. The fourth-order valence-corrected chi connectivity index (χ4v) is 3.19. The van der Waals surface area contributed by atoms with E-state index in [1.165, 1.54) is 12.4 Å². The number of benzene rings is 2. The van der Waals surface area contributed by atoms with Gasteiger partial charge in [-0.1, -0.05) is 11.6 Å². The van der Waals surface area contributed by atoms with Gasteiger partial charge in [0.1, 0.15) is 12.1 Å². The Morgan fingerprint density at radius 3 is 2.30 bits per heavy atom. The van der Waals surface area contributed by atoms with E-state index in [-0.39, 0.29) is 5.69 Å². The Balaban J connectivity index is 1.38. The zero-order valence-corrected chi connectivity index (χ0v) is 17.5. The standard InChI is InChI=1S/C22H16ClF3N6O/c23-17-8-7-15(10-16(17)22(24,25)26)32-21(33)31-14-5-3-13(4-6-14)30-20-11-19(28-12-29-20)18-2-1-9-27-18/h1-12,27H,(H,28,29,30)(H2,31,32,33). The van der Waals surface area contributed by atoms with Crippen LogP contribution in [0.5, 0.6) is 0 Å². The first kappa shape index (κ1) is 22.2. The average molecular weight is 473 g/mol. The highest BCUT2D eigenvalue weighted by Gasteiger charge is 2.33. The van der Waals surface area contributed by atoms with Crippen molar-refractivity contribution in [3.05, 3.63) is 83.8 Å². The van der Waals surface area contributed by atoms with E-state index in [2.05, 4.69) is 30.9 Å². The van der Waals surface area contributed by atoms with Crippen molar-refractivity contribution in [1.29, 1.82) is 0 Å². The Labute approximate surface area is 191 Å². The van der Waals surface area contributed by atoms with Gasteiger partial charge in [-0.05, 0) is 54.6 Å². The number of alkyl halides is 3. The van der Waals surface area contributed by atoms with Crippen LogP contribution >= 0.6 is 11.6 Å². The monoisotopic (exact) mass is 472 g/mol. The second-order valence-corrected chi connectivity index (χ2v) is 7.25. The summed E-state index contributed by atoms with van der Waals surface area (Å²) < 4.78 is 38.9. The van der Waals surface area contributed by atoms with Crippen molar-refractivity contribution in [3.8, 4) is 11.4 Å². The first-order valence-electron chi connectivity index (χ1n) is 9.55. The molecule has 11 heteroatoms. The summed E-state index contributed by atoms with van der Waals surface area (Å²) in [6.45, 7) is 0. The molecule has 4 rings (SSSR count). The molecule has 168 valence electrons. The third-order valence-electron chi connectivity index (χ3n) is 4.49. The van der Waals surface area contributed by atoms with E-state index >= 15 is 0 Å². The molecule has 0 radical (unpaired) electrons. The lowest BCUT2D eigenvalue weighted by atomic mass is 10.2. The van der Waals surface area contributed by atoms with Gasteiger partial charge in [0, 0.05) is 29.3 Å². The van der Waals surface area contributed by atoms with Gasteiger partial charge in [0.2, 0.25) is 0 Å². The number of hydrogen-bond donors (Lipinski definition) is 4. The molecule has 2 heterocycles. The van der Waals surface area contributed by atoms with E-state index < -0.39 is 22.8 Å². The van der Waals surface area contributed by atoms with Gasteiger partial charge in [0.05, 0.1) is 22.0 Å².